The minimum absolute atomic E-state index is 0.429. The van der Waals surface area contributed by atoms with Gasteiger partial charge in [0.2, 0.25) is 0 Å². The molecule has 0 radical (unpaired) electrons. The third kappa shape index (κ3) is 2.58. The van der Waals surface area contributed by atoms with E-state index in [1.54, 1.807) is 24.3 Å². The molecule has 12 heavy (non-hydrogen) atoms. The van der Waals surface area contributed by atoms with Crippen molar-refractivity contribution in [3.8, 4) is 0 Å². The molecule has 0 N–H and O–H groups in total. The SMILES string of the molecule is O=Cc1ccc(C=C(F)Br)cc1. The smallest absolute Gasteiger partial charge is 0.166 e. The van der Waals surface area contributed by atoms with Gasteiger partial charge in [0.25, 0.3) is 0 Å². The Morgan fingerprint density at radius 1 is 1.25 bits per heavy atom. The van der Waals surface area contributed by atoms with E-state index >= 15 is 0 Å². The minimum atomic E-state index is -0.429. The summed E-state index contributed by atoms with van der Waals surface area (Å²) in [5.41, 5.74) is 1.30. The van der Waals surface area contributed by atoms with E-state index in [1.807, 2.05) is 0 Å². The Bertz CT molecular complexity index is 299. The van der Waals surface area contributed by atoms with Crippen LogP contribution in [0.1, 0.15) is 15.9 Å². The summed E-state index contributed by atoms with van der Waals surface area (Å²) in [5, 5.41) is 0. The Kier molecular flexibility index (Phi) is 3.17. The fraction of sp³-hybridized carbons (Fsp3) is 0. The van der Waals surface area contributed by atoms with E-state index in [0.29, 0.717) is 5.56 Å². The number of aldehydes is 1. The Hall–Kier alpha value is -0.960. The topological polar surface area (TPSA) is 17.1 Å². The van der Waals surface area contributed by atoms with Gasteiger partial charge in [-0.3, -0.25) is 4.79 Å². The van der Waals surface area contributed by atoms with Gasteiger partial charge in [0.1, 0.15) is 6.29 Å². The number of rotatable bonds is 2. The zero-order valence-electron chi connectivity index (χ0n) is 6.13. The summed E-state index contributed by atoms with van der Waals surface area (Å²) in [6, 6.07) is 6.61. The molecule has 3 heteroatoms. The van der Waals surface area contributed by atoms with Crippen molar-refractivity contribution in [3.63, 3.8) is 0 Å². The van der Waals surface area contributed by atoms with Crippen molar-refractivity contribution in [1.29, 1.82) is 0 Å². The standard InChI is InChI=1S/C9H6BrFO/c10-9(11)5-7-1-3-8(6-12)4-2-7/h1-6H. The second-order valence-corrected chi connectivity index (χ2v) is 2.98. The van der Waals surface area contributed by atoms with Crippen molar-refractivity contribution in [2.24, 2.45) is 0 Å². The first-order valence-corrected chi connectivity index (χ1v) is 4.09. The van der Waals surface area contributed by atoms with E-state index in [2.05, 4.69) is 15.9 Å². The van der Waals surface area contributed by atoms with E-state index in [1.165, 1.54) is 6.08 Å². The Labute approximate surface area is 78.0 Å². The van der Waals surface area contributed by atoms with Crippen LogP contribution in [0.5, 0.6) is 0 Å². The van der Waals surface area contributed by atoms with Crippen LogP contribution in [0.2, 0.25) is 0 Å². The van der Waals surface area contributed by atoms with Crippen LogP contribution in [0.3, 0.4) is 0 Å². The average molecular weight is 229 g/mol. The van der Waals surface area contributed by atoms with Gasteiger partial charge in [-0.1, -0.05) is 24.3 Å². The molecule has 0 unspecified atom stereocenters. The summed E-state index contributed by atoms with van der Waals surface area (Å²) in [6.45, 7) is 0. The zero-order valence-corrected chi connectivity index (χ0v) is 7.71. The molecule has 0 spiro atoms. The van der Waals surface area contributed by atoms with Gasteiger partial charge in [0.05, 0.1) is 0 Å². The Balaban J connectivity index is 2.92. The number of halogens is 2. The first-order valence-electron chi connectivity index (χ1n) is 3.30. The van der Waals surface area contributed by atoms with Gasteiger partial charge >= 0.3 is 0 Å². The van der Waals surface area contributed by atoms with Crippen LogP contribution in [-0.2, 0) is 0 Å². The summed E-state index contributed by atoms with van der Waals surface area (Å²) < 4.78 is 11.8. The molecule has 0 heterocycles. The van der Waals surface area contributed by atoms with E-state index < -0.39 is 4.74 Å². The van der Waals surface area contributed by atoms with Gasteiger partial charge in [-0.05, 0) is 27.6 Å². The summed E-state index contributed by atoms with van der Waals surface area (Å²) in [7, 11) is 0. The van der Waals surface area contributed by atoms with Crippen LogP contribution in [0.25, 0.3) is 6.08 Å². The number of carbonyl (C=O) groups is 1. The molecule has 0 saturated heterocycles. The Morgan fingerprint density at radius 3 is 2.17 bits per heavy atom. The molecule has 0 fully saturated rings. The summed E-state index contributed by atoms with van der Waals surface area (Å²) in [6.07, 6.45) is 2.08. The maximum Gasteiger partial charge on any atom is 0.166 e. The monoisotopic (exact) mass is 228 g/mol. The number of carbonyl (C=O) groups excluding carboxylic acids is 1. The molecule has 0 aliphatic rings. The second-order valence-electron chi connectivity index (χ2n) is 2.22. The minimum Gasteiger partial charge on any atom is -0.298 e. The lowest BCUT2D eigenvalue weighted by molar-refractivity contribution is 0.112. The highest BCUT2D eigenvalue weighted by atomic mass is 79.9. The second kappa shape index (κ2) is 4.16. The van der Waals surface area contributed by atoms with E-state index in [-0.39, 0.29) is 0 Å². The maximum absolute atomic E-state index is 12.3. The fourth-order valence-electron chi connectivity index (χ4n) is 0.797. The molecule has 0 atom stereocenters. The Morgan fingerprint density at radius 2 is 1.75 bits per heavy atom. The zero-order chi connectivity index (χ0) is 8.97. The molecule has 1 aromatic rings. The molecule has 1 rings (SSSR count). The van der Waals surface area contributed by atoms with Crippen LogP contribution in [0.15, 0.2) is 29.0 Å². The van der Waals surface area contributed by atoms with Crippen molar-refractivity contribution in [2.45, 2.75) is 0 Å². The van der Waals surface area contributed by atoms with E-state index in [4.69, 9.17) is 0 Å². The van der Waals surface area contributed by atoms with Crippen LogP contribution >= 0.6 is 15.9 Å². The molecular weight excluding hydrogens is 223 g/mol. The van der Waals surface area contributed by atoms with Gasteiger partial charge in [-0.2, -0.15) is 4.39 Å². The fourth-order valence-corrected chi connectivity index (χ4v) is 1.06. The highest BCUT2D eigenvalue weighted by molar-refractivity contribution is 9.11. The van der Waals surface area contributed by atoms with Gasteiger partial charge in [0, 0.05) is 5.56 Å². The lowest BCUT2D eigenvalue weighted by Gasteiger charge is -1.92. The molecule has 0 aromatic heterocycles. The van der Waals surface area contributed by atoms with Gasteiger partial charge in [0.15, 0.2) is 4.74 Å². The summed E-state index contributed by atoms with van der Waals surface area (Å²) in [5.74, 6) is 0. The van der Waals surface area contributed by atoms with Crippen LogP contribution < -0.4 is 0 Å². The van der Waals surface area contributed by atoms with Crippen molar-refractivity contribution >= 4 is 28.3 Å². The third-order valence-electron chi connectivity index (χ3n) is 1.35. The van der Waals surface area contributed by atoms with E-state index in [0.717, 1.165) is 11.8 Å². The molecular formula is C9H6BrFO. The lowest BCUT2D eigenvalue weighted by atomic mass is 10.1. The first kappa shape index (κ1) is 9.13. The quantitative estimate of drug-likeness (QED) is 0.712. The van der Waals surface area contributed by atoms with Gasteiger partial charge < -0.3 is 0 Å². The van der Waals surface area contributed by atoms with Gasteiger partial charge in [-0.25, -0.2) is 0 Å². The van der Waals surface area contributed by atoms with Crippen LogP contribution in [-0.4, -0.2) is 6.29 Å². The number of hydrogen-bond acceptors (Lipinski definition) is 1. The largest absolute Gasteiger partial charge is 0.298 e. The molecule has 62 valence electrons. The average Bonchev–Trinajstić information content (AvgIpc) is 2.05. The highest BCUT2D eigenvalue weighted by Crippen LogP contribution is 2.13. The normalized spacial score (nSPS) is 11.3. The first-order chi connectivity index (χ1) is 5.72. The predicted molar refractivity (Wildman–Crippen MR) is 49.8 cm³/mol. The van der Waals surface area contributed by atoms with Gasteiger partial charge in [-0.15, -0.1) is 0 Å². The molecule has 1 nitrogen and oxygen atoms in total. The predicted octanol–water partition coefficient (Wildman–Crippen LogP) is 3.16. The molecule has 0 bridgehead atoms. The molecule has 1 aromatic carbocycles. The highest BCUT2D eigenvalue weighted by Gasteiger charge is 1.91. The van der Waals surface area contributed by atoms with E-state index in [9.17, 15) is 9.18 Å². The van der Waals surface area contributed by atoms with Crippen molar-refractivity contribution in [2.75, 3.05) is 0 Å². The summed E-state index contributed by atoms with van der Waals surface area (Å²) in [4.78, 5) is 10.2. The van der Waals surface area contributed by atoms with Crippen molar-refractivity contribution in [3.05, 3.63) is 40.1 Å². The van der Waals surface area contributed by atoms with Crippen molar-refractivity contribution in [1.82, 2.24) is 0 Å². The number of benzene rings is 1. The summed E-state index contributed by atoms with van der Waals surface area (Å²) >= 11 is 2.67. The molecule has 0 amide bonds. The van der Waals surface area contributed by atoms with Crippen molar-refractivity contribution < 1.29 is 9.18 Å². The van der Waals surface area contributed by atoms with Crippen LogP contribution in [0, 0.1) is 0 Å². The van der Waals surface area contributed by atoms with Crippen LogP contribution in [0.4, 0.5) is 4.39 Å². The number of hydrogen-bond donors (Lipinski definition) is 0. The molecule has 0 aliphatic carbocycles. The molecule has 0 saturated carbocycles. The third-order valence-corrected chi connectivity index (χ3v) is 1.58. The maximum atomic E-state index is 12.3. The lowest BCUT2D eigenvalue weighted by Crippen LogP contribution is -1.78. The molecule has 0 aliphatic heterocycles.